The molecule has 1 heterocycles. The summed E-state index contributed by atoms with van der Waals surface area (Å²) in [6, 6.07) is 2.21. The molecule has 0 radical (unpaired) electrons. The van der Waals surface area contributed by atoms with Crippen LogP contribution in [0.1, 0.15) is 42.5 Å². The summed E-state index contributed by atoms with van der Waals surface area (Å²) in [4.78, 5) is 16.2. The smallest absolute Gasteiger partial charge is 0.315 e. The summed E-state index contributed by atoms with van der Waals surface area (Å²) >= 11 is 0. The van der Waals surface area contributed by atoms with Crippen LogP contribution >= 0.6 is 0 Å². The minimum Gasteiger partial charge on any atom is -0.481 e. The van der Waals surface area contributed by atoms with E-state index in [0.717, 1.165) is 29.7 Å². The van der Waals surface area contributed by atoms with E-state index < -0.39 is 0 Å². The normalized spacial score (nSPS) is 15.2. The Hall–Kier alpha value is -1.78. The standard InChI is InChI=1S/C15H23N3O2/c1-10-8-11(2)17-14(20-3)13(10)9-16-15(19)18-12-6-4-5-7-12/h8,12H,4-7,9H2,1-3H3,(H2,16,18,19). The van der Waals surface area contributed by atoms with Crippen molar-refractivity contribution >= 4 is 6.03 Å². The molecular weight excluding hydrogens is 254 g/mol. The number of amides is 2. The maximum atomic E-state index is 11.9. The average Bonchev–Trinajstić information content (AvgIpc) is 2.89. The van der Waals surface area contributed by atoms with Gasteiger partial charge in [0, 0.05) is 17.3 Å². The molecule has 0 aromatic carbocycles. The van der Waals surface area contributed by atoms with E-state index in [1.54, 1.807) is 7.11 Å². The number of nitrogens with one attached hydrogen (secondary N) is 2. The number of pyridine rings is 1. The maximum Gasteiger partial charge on any atom is 0.315 e. The third kappa shape index (κ3) is 3.62. The molecule has 2 N–H and O–H groups in total. The Labute approximate surface area is 120 Å². The SMILES string of the molecule is COc1nc(C)cc(C)c1CNC(=O)NC1CCCC1. The number of methoxy groups -OCH3 is 1. The Morgan fingerprint density at radius 3 is 2.75 bits per heavy atom. The van der Waals surface area contributed by atoms with Gasteiger partial charge in [0.1, 0.15) is 0 Å². The van der Waals surface area contributed by atoms with Crippen molar-refractivity contribution in [3.63, 3.8) is 0 Å². The number of hydrogen-bond donors (Lipinski definition) is 2. The van der Waals surface area contributed by atoms with E-state index in [2.05, 4.69) is 15.6 Å². The van der Waals surface area contributed by atoms with E-state index in [1.807, 2.05) is 19.9 Å². The lowest BCUT2D eigenvalue weighted by Gasteiger charge is -2.15. The van der Waals surface area contributed by atoms with Gasteiger partial charge in [0.15, 0.2) is 0 Å². The topological polar surface area (TPSA) is 63.2 Å². The fourth-order valence-electron chi connectivity index (χ4n) is 2.69. The number of carbonyl (C=O) groups excluding carboxylic acids is 1. The van der Waals surface area contributed by atoms with Gasteiger partial charge < -0.3 is 15.4 Å². The molecule has 1 fully saturated rings. The molecule has 0 atom stereocenters. The number of ether oxygens (including phenoxy) is 1. The zero-order valence-electron chi connectivity index (χ0n) is 12.5. The van der Waals surface area contributed by atoms with Gasteiger partial charge in [-0.1, -0.05) is 12.8 Å². The van der Waals surface area contributed by atoms with Gasteiger partial charge in [0.2, 0.25) is 5.88 Å². The number of rotatable bonds is 4. The summed E-state index contributed by atoms with van der Waals surface area (Å²) in [6.45, 7) is 4.36. The largest absolute Gasteiger partial charge is 0.481 e. The van der Waals surface area contributed by atoms with Crippen LogP contribution in [0.3, 0.4) is 0 Å². The summed E-state index contributed by atoms with van der Waals surface area (Å²) in [7, 11) is 1.60. The van der Waals surface area contributed by atoms with Crippen LogP contribution in [0.25, 0.3) is 0 Å². The second-order valence-corrected chi connectivity index (χ2v) is 5.38. The Morgan fingerprint density at radius 1 is 1.40 bits per heavy atom. The van der Waals surface area contributed by atoms with E-state index in [-0.39, 0.29) is 6.03 Å². The Kier molecular flexibility index (Phi) is 4.82. The summed E-state index contributed by atoms with van der Waals surface area (Å²) < 4.78 is 5.29. The summed E-state index contributed by atoms with van der Waals surface area (Å²) in [5, 5.41) is 5.90. The predicted octanol–water partition coefficient (Wildman–Crippen LogP) is 2.45. The molecule has 1 aromatic rings. The lowest BCUT2D eigenvalue weighted by molar-refractivity contribution is 0.236. The summed E-state index contributed by atoms with van der Waals surface area (Å²) in [6.07, 6.45) is 4.59. The predicted molar refractivity (Wildman–Crippen MR) is 77.9 cm³/mol. The van der Waals surface area contributed by atoms with Crippen LogP contribution in [0.4, 0.5) is 4.79 Å². The minimum absolute atomic E-state index is 0.112. The highest BCUT2D eigenvalue weighted by atomic mass is 16.5. The quantitative estimate of drug-likeness (QED) is 0.888. The fraction of sp³-hybridized carbons (Fsp3) is 0.600. The fourth-order valence-corrected chi connectivity index (χ4v) is 2.69. The highest BCUT2D eigenvalue weighted by Gasteiger charge is 2.17. The molecule has 5 nitrogen and oxygen atoms in total. The molecule has 0 spiro atoms. The molecule has 20 heavy (non-hydrogen) atoms. The molecule has 1 aromatic heterocycles. The lowest BCUT2D eigenvalue weighted by atomic mass is 10.1. The highest BCUT2D eigenvalue weighted by molar-refractivity contribution is 5.74. The first kappa shape index (κ1) is 14.6. The van der Waals surface area contributed by atoms with Crippen molar-refractivity contribution < 1.29 is 9.53 Å². The lowest BCUT2D eigenvalue weighted by Crippen LogP contribution is -2.40. The van der Waals surface area contributed by atoms with Crippen molar-refractivity contribution in [1.82, 2.24) is 15.6 Å². The van der Waals surface area contributed by atoms with Crippen molar-refractivity contribution in [2.45, 2.75) is 52.1 Å². The molecule has 5 heteroatoms. The van der Waals surface area contributed by atoms with Gasteiger partial charge in [-0.2, -0.15) is 0 Å². The molecule has 110 valence electrons. The number of urea groups is 1. The van der Waals surface area contributed by atoms with Crippen molar-refractivity contribution in [2.75, 3.05) is 7.11 Å². The van der Waals surface area contributed by atoms with Gasteiger partial charge in [-0.15, -0.1) is 0 Å². The third-order valence-corrected chi connectivity index (χ3v) is 3.75. The molecular formula is C15H23N3O2. The van der Waals surface area contributed by atoms with Crippen LogP contribution in [-0.2, 0) is 6.54 Å². The van der Waals surface area contributed by atoms with Crippen molar-refractivity contribution in [2.24, 2.45) is 0 Å². The van der Waals surface area contributed by atoms with E-state index in [1.165, 1.54) is 12.8 Å². The number of aryl methyl sites for hydroxylation is 2. The van der Waals surface area contributed by atoms with Gasteiger partial charge in [0.25, 0.3) is 0 Å². The van der Waals surface area contributed by atoms with Crippen molar-refractivity contribution in [1.29, 1.82) is 0 Å². The maximum absolute atomic E-state index is 11.9. The minimum atomic E-state index is -0.112. The third-order valence-electron chi connectivity index (χ3n) is 3.75. The van der Waals surface area contributed by atoms with Gasteiger partial charge in [-0.25, -0.2) is 9.78 Å². The molecule has 0 bridgehead atoms. The Bertz CT molecular complexity index is 482. The van der Waals surface area contributed by atoms with Crippen LogP contribution in [0.2, 0.25) is 0 Å². The number of aromatic nitrogens is 1. The second-order valence-electron chi connectivity index (χ2n) is 5.38. The second kappa shape index (κ2) is 6.59. The number of nitrogens with zero attached hydrogens (tertiary/aromatic N) is 1. The molecule has 2 amide bonds. The summed E-state index contributed by atoms with van der Waals surface area (Å²) in [5.74, 6) is 0.587. The summed E-state index contributed by atoms with van der Waals surface area (Å²) in [5.41, 5.74) is 2.92. The monoisotopic (exact) mass is 277 g/mol. The van der Waals surface area contributed by atoms with E-state index in [9.17, 15) is 4.79 Å². The highest BCUT2D eigenvalue weighted by Crippen LogP contribution is 2.20. The van der Waals surface area contributed by atoms with E-state index in [0.29, 0.717) is 18.5 Å². The van der Waals surface area contributed by atoms with Gasteiger partial charge in [-0.3, -0.25) is 0 Å². The first-order valence-corrected chi connectivity index (χ1v) is 7.15. The molecule has 1 aliphatic carbocycles. The molecule has 1 aliphatic rings. The van der Waals surface area contributed by atoms with E-state index in [4.69, 9.17) is 4.74 Å². The Balaban J connectivity index is 1.94. The van der Waals surface area contributed by atoms with Crippen molar-refractivity contribution in [3.05, 3.63) is 22.9 Å². The van der Waals surface area contributed by atoms with Gasteiger partial charge in [-0.05, 0) is 38.3 Å². The van der Waals surface area contributed by atoms with Crippen LogP contribution in [-0.4, -0.2) is 24.2 Å². The van der Waals surface area contributed by atoms with Crippen LogP contribution in [0, 0.1) is 13.8 Å². The molecule has 0 unspecified atom stereocenters. The van der Waals surface area contributed by atoms with Gasteiger partial charge >= 0.3 is 6.03 Å². The van der Waals surface area contributed by atoms with Crippen molar-refractivity contribution in [3.8, 4) is 5.88 Å². The first-order chi connectivity index (χ1) is 9.60. The molecule has 1 saturated carbocycles. The molecule has 2 rings (SSSR count). The number of hydrogen-bond acceptors (Lipinski definition) is 3. The number of carbonyl (C=O) groups is 1. The zero-order valence-corrected chi connectivity index (χ0v) is 12.5. The molecule has 0 aliphatic heterocycles. The Morgan fingerprint density at radius 2 is 2.10 bits per heavy atom. The van der Waals surface area contributed by atoms with Crippen LogP contribution in [0.5, 0.6) is 5.88 Å². The van der Waals surface area contributed by atoms with Crippen LogP contribution < -0.4 is 15.4 Å². The van der Waals surface area contributed by atoms with Gasteiger partial charge in [0.05, 0.1) is 13.7 Å². The van der Waals surface area contributed by atoms with E-state index >= 15 is 0 Å². The first-order valence-electron chi connectivity index (χ1n) is 7.15. The molecule has 0 saturated heterocycles. The average molecular weight is 277 g/mol. The van der Waals surface area contributed by atoms with Crippen LogP contribution in [0.15, 0.2) is 6.07 Å². The zero-order chi connectivity index (χ0) is 14.5.